The SMILES string of the molecule is CC[C@H](C)[C@H](NC(=O)[C@H](CCCCN)NC(=O)[C@H](CCCCN)NC(=O)[C@H](Cc1c[nH]c2ccccc12)NC(=O)[C@H](CC(N)=O)NC(=O)[C@@H](N)C(C)C)C(=O)N[C@@H](CC(C)C)C(=O)NCC(=O)N[C@@H](CCCCN)C(=O)N[C@H](C(=O)N[C@H](C(=O)N[C@@H](CCCCN)C(=O)N[C@H](C(=O)N[C@@H](C)C(=O)N[C@@H](CCCCN)C(N)=O)C(C)C)[C@@H](C)CC)[C@@H](C)CC. The molecule has 2 aromatic rings. The number of rotatable bonds is 63. The molecule has 17 atom stereocenters. The Bertz CT molecular complexity index is 3710. The van der Waals surface area contributed by atoms with E-state index in [1.54, 1.807) is 107 Å². The first kappa shape index (κ1) is 109. The molecule has 16 amide bonds. The lowest BCUT2D eigenvalue weighted by atomic mass is 9.94. The number of carbonyl (C=O) groups is 16. The van der Waals surface area contributed by atoms with Crippen LogP contribution in [-0.4, -0.2) is 223 Å². The Hall–Kier alpha value is -9.96. The van der Waals surface area contributed by atoms with Gasteiger partial charge in [-0.2, -0.15) is 0 Å². The van der Waals surface area contributed by atoms with Crippen LogP contribution in [0.4, 0.5) is 0 Å². The summed E-state index contributed by atoms with van der Waals surface area (Å²) in [4.78, 5) is 228. The number of nitrogens with two attached hydrogens (primary N) is 8. The van der Waals surface area contributed by atoms with Gasteiger partial charge in [-0.25, -0.2) is 0 Å². The summed E-state index contributed by atoms with van der Waals surface area (Å²) in [6.45, 7) is 22.8. The van der Waals surface area contributed by atoms with Crippen LogP contribution in [0.3, 0.4) is 0 Å². The van der Waals surface area contributed by atoms with E-state index < -0.39 is 216 Å². The number of nitrogens with one attached hydrogen (secondary N) is 15. The van der Waals surface area contributed by atoms with Crippen LogP contribution in [0.15, 0.2) is 30.5 Å². The Labute approximate surface area is 724 Å². The standard InChI is InChI=1S/C84H149N23O16/c1-14-49(10)68(105-77(116)59(34-22-27-39-88)98-74(113)58(33-21-26-38-87)99-78(117)62(42-53-44-93-55-30-18-17-29-54(53)55)101-79(118)63(43-64(90)108)102-80(119)66(91)47(6)7)83(122)103-61(41-46(4)5)73(112)94-45-65(109)96-57(32-20-25-37-86)75(114)106-70(51(12)16-3)84(123)107-69(50(11)15-2)82(121)100-60(35-23-28-40-89)76(115)104-67(48(8)9)81(120)95-52(13)72(111)97-56(71(92)110)31-19-24-36-85/h17-18,29-30,44,46-52,56-63,66-70,93H,14-16,19-28,31-43,45,85-89,91H2,1-13H3,(H2,90,108)(H2,92,110)(H,94,112)(H,95,120)(H,96,109)(H,97,111)(H,98,113)(H,99,117)(H,100,121)(H,101,118)(H,102,119)(H,103,122)(H,104,115)(H,105,116)(H,106,114)(H,107,123)/t49-,50-,51-,52-,56-,57-,58-,59-,60-,61-,62-,63-,66-,67-,68-,69-,70-/m0/s1. The molecular weight excluding hydrogens is 1590 g/mol. The van der Waals surface area contributed by atoms with Gasteiger partial charge in [0.25, 0.3) is 0 Å². The van der Waals surface area contributed by atoms with Crippen LogP contribution in [0.5, 0.6) is 0 Å². The molecule has 696 valence electrons. The van der Waals surface area contributed by atoms with E-state index in [1.165, 1.54) is 6.92 Å². The first-order valence-corrected chi connectivity index (χ1v) is 43.8. The number of para-hydroxylation sites is 1. The fourth-order valence-electron chi connectivity index (χ4n) is 13.4. The molecule has 2 rings (SSSR count). The van der Waals surface area contributed by atoms with Crippen molar-refractivity contribution in [1.82, 2.24) is 79.4 Å². The summed E-state index contributed by atoms with van der Waals surface area (Å²) in [7, 11) is 0. The van der Waals surface area contributed by atoms with Crippen LogP contribution in [0, 0.1) is 35.5 Å². The fraction of sp³-hybridized carbons (Fsp3) is 0.714. The van der Waals surface area contributed by atoms with Crippen LogP contribution in [0.25, 0.3) is 10.9 Å². The maximum Gasteiger partial charge on any atom is 0.243 e. The summed E-state index contributed by atoms with van der Waals surface area (Å²) < 4.78 is 0. The summed E-state index contributed by atoms with van der Waals surface area (Å²) in [5, 5.41) is 38.5. The van der Waals surface area contributed by atoms with Gasteiger partial charge in [0.15, 0.2) is 0 Å². The van der Waals surface area contributed by atoms with E-state index >= 15 is 0 Å². The lowest BCUT2D eigenvalue weighted by Crippen LogP contribution is -2.62. The van der Waals surface area contributed by atoms with Gasteiger partial charge in [0.2, 0.25) is 94.5 Å². The summed E-state index contributed by atoms with van der Waals surface area (Å²) in [5.41, 5.74) is 47.6. The van der Waals surface area contributed by atoms with Gasteiger partial charge in [0.1, 0.15) is 78.5 Å². The number of benzene rings is 1. The molecule has 39 nitrogen and oxygen atoms in total. The Morgan fingerprint density at radius 2 is 0.707 bits per heavy atom. The summed E-state index contributed by atoms with van der Waals surface area (Å²) in [5.74, 6) is -15.6. The fourth-order valence-corrected chi connectivity index (χ4v) is 13.4. The molecule has 0 fully saturated rings. The normalized spacial score (nSPS) is 15.6. The number of aromatic amines is 1. The van der Waals surface area contributed by atoms with Gasteiger partial charge < -0.3 is 125 Å². The highest BCUT2D eigenvalue weighted by atomic mass is 16.2. The summed E-state index contributed by atoms with van der Waals surface area (Å²) in [6.07, 6.45) is 6.35. The van der Waals surface area contributed by atoms with Crippen molar-refractivity contribution in [3.05, 3.63) is 36.0 Å². The second kappa shape index (κ2) is 58.2. The predicted octanol–water partition coefficient (Wildman–Crippen LogP) is -2.02. The molecule has 1 heterocycles. The van der Waals surface area contributed by atoms with Crippen molar-refractivity contribution in [2.24, 2.45) is 81.4 Å². The minimum atomic E-state index is -1.56. The van der Waals surface area contributed by atoms with Gasteiger partial charge in [-0.05, 0) is 190 Å². The van der Waals surface area contributed by atoms with Gasteiger partial charge in [-0.3, -0.25) is 76.7 Å². The van der Waals surface area contributed by atoms with Gasteiger partial charge in [0, 0.05) is 23.5 Å². The molecule has 0 aliphatic rings. The monoisotopic (exact) mass is 1740 g/mol. The maximum absolute atomic E-state index is 14.8. The largest absolute Gasteiger partial charge is 0.370 e. The molecule has 0 aliphatic heterocycles. The Morgan fingerprint density at radius 1 is 0.358 bits per heavy atom. The molecular formula is C84H149N23O16. The van der Waals surface area contributed by atoms with Crippen LogP contribution in [-0.2, 0) is 83.1 Å². The van der Waals surface area contributed by atoms with Crippen molar-refractivity contribution in [2.45, 2.75) is 309 Å². The predicted molar refractivity (Wildman–Crippen MR) is 469 cm³/mol. The number of amides is 16. The highest BCUT2D eigenvalue weighted by Gasteiger charge is 2.40. The van der Waals surface area contributed by atoms with Crippen molar-refractivity contribution in [3.63, 3.8) is 0 Å². The Morgan fingerprint density at radius 3 is 1.12 bits per heavy atom. The van der Waals surface area contributed by atoms with Gasteiger partial charge in [0.05, 0.1) is 19.0 Å². The first-order valence-electron chi connectivity index (χ1n) is 43.8. The molecule has 0 bridgehead atoms. The van der Waals surface area contributed by atoms with Crippen LogP contribution >= 0.6 is 0 Å². The Balaban J connectivity index is 2.47. The molecule has 123 heavy (non-hydrogen) atoms. The number of carbonyl (C=O) groups excluding carboxylic acids is 16. The molecule has 1 aromatic carbocycles. The highest BCUT2D eigenvalue weighted by molar-refractivity contribution is 6.01. The van der Waals surface area contributed by atoms with Crippen molar-refractivity contribution in [2.75, 3.05) is 39.3 Å². The van der Waals surface area contributed by atoms with Crippen LogP contribution < -0.4 is 120 Å². The van der Waals surface area contributed by atoms with E-state index in [9.17, 15) is 76.7 Å². The van der Waals surface area contributed by atoms with E-state index in [2.05, 4.69) is 79.4 Å². The number of fused-ring (bicyclic) bond motifs is 1. The zero-order valence-corrected chi connectivity index (χ0v) is 74.7. The zero-order valence-electron chi connectivity index (χ0n) is 74.7. The van der Waals surface area contributed by atoms with Crippen molar-refractivity contribution >= 4 is 105 Å². The number of aromatic nitrogens is 1. The molecule has 0 unspecified atom stereocenters. The Kier molecular flexibility index (Phi) is 51.6. The lowest BCUT2D eigenvalue weighted by Gasteiger charge is -2.31. The van der Waals surface area contributed by atoms with Crippen molar-refractivity contribution < 1.29 is 76.7 Å². The number of hydrogen-bond acceptors (Lipinski definition) is 22. The van der Waals surface area contributed by atoms with Gasteiger partial charge in [-0.1, -0.05) is 121 Å². The lowest BCUT2D eigenvalue weighted by molar-refractivity contribution is -0.137. The van der Waals surface area contributed by atoms with Gasteiger partial charge >= 0.3 is 0 Å². The van der Waals surface area contributed by atoms with E-state index in [4.69, 9.17) is 45.9 Å². The smallest absolute Gasteiger partial charge is 0.243 e. The van der Waals surface area contributed by atoms with E-state index in [1.807, 2.05) is 6.07 Å². The quantitative estimate of drug-likeness (QED) is 0.0318. The van der Waals surface area contributed by atoms with Crippen molar-refractivity contribution in [1.29, 1.82) is 0 Å². The average Bonchev–Trinajstić information content (AvgIpc) is 1.69. The second-order valence-electron chi connectivity index (χ2n) is 33.3. The third-order valence-electron chi connectivity index (χ3n) is 21.9. The number of unbranched alkanes of at least 4 members (excludes halogenated alkanes) is 5. The molecule has 31 N–H and O–H groups in total. The van der Waals surface area contributed by atoms with E-state index in [0.29, 0.717) is 106 Å². The highest BCUT2D eigenvalue weighted by Crippen LogP contribution is 2.22. The summed E-state index contributed by atoms with van der Waals surface area (Å²) in [6, 6.07) is -10.8. The van der Waals surface area contributed by atoms with E-state index in [0.717, 1.165) is 0 Å². The minimum Gasteiger partial charge on any atom is -0.370 e. The summed E-state index contributed by atoms with van der Waals surface area (Å²) >= 11 is 0. The third-order valence-corrected chi connectivity index (χ3v) is 21.9. The maximum atomic E-state index is 14.8. The molecule has 0 spiro atoms. The topological polar surface area (TPSA) is 665 Å². The van der Waals surface area contributed by atoms with Gasteiger partial charge in [-0.15, -0.1) is 0 Å². The molecule has 39 heteroatoms. The number of hydrogen-bond donors (Lipinski definition) is 23. The second-order valence-corrected chi connectivity index (χ2v) is 33.3. The third kappa shape index (κ3) is 39.2. The minimum absolute atomic E-state index is 0.00514. The average molecular weight is 1740 g/mol. The molecule has 0 aliphatic carbocycles. The van der Waals surface area contributed by atoms with Crippen LogP contribution in [0.1, 0.15) is 224 Å². The molecule has 0 radical (unpaired) electrons. The molecule has 0 saturated heterocycles. The number of H-pyrrole nitrogens is 1. The van der Waals surface area contributed by atoms with E-state index in [-0.39, 0.29) is 83.0 Å². The van der Waals surface area contributed by atoms with Crippen LogP contribution in [0.2, 0.25) is 0 Å². The molecule has 0 saturated carbocycles. The first-order chi connectivity index (χ1) is 58.2. The molecule has 1 aromatic heterocycles. The van der Waals surface area contributed by atoms with Crippen molar-refractivity contribution in [3.8, 4) is 0 Å². The zero-order chi connectivity index (χ0) is 92.8. The number of primary amides is 2.